The fourth-order valence-electron chi connectivity index (χ4n) is 2.91. The van der Waals surface area contributed by atoms with Gasteiger partial charge in [0, 0.05) is 32.7 Å². The van der Waals surface area contributed by atoms with Gasteiger partial charge in [-0.1, -0.05) is 13.8 Å². The Morgan fingerprint density at radius 1 is 1.30 bits per heavy atom. The molecule has 1 saturated heterocycles. The normalized spacial score (nSPS) is 18.3. The molecule has 0 amide bonds. The van der Waals surface area contributed by atoms with Gasteiger partial charge in [0.1, 0.15) is 12.2 Å². The van der Waals surface area contributed by atoms with Crippen molar-refractivity contribution in [3.63, 3.8) is 0 Å². The van der Waals surface area contributed by atoms with Gasteiger partial charge in [-0.2, -0.15) is 5.10 Å². The van der Waals surface area contributed by atoms with Crippen LogP contribution >= 0.6 is 0 Å². The Morgan fingerprint density at radius 2 is 2.10 bits per heavy atom. The zero-order chi connectivity index (χ0) is 14.3. The van der Waals surface area contributed by atoms with Crippen molar-refractivity contribution in [1.29, 1.82) is 0 Å². The zero-order valence-electron chi connectivity index (χ0n) is 12.9. The first-order valence-electron chi connectivity index (χ1n) is 7.95. The highest BCUT2D eigenvalue weighted by atomic mass is 16.5. The van der Waals surface area contributed by atoms with Crippen LogP contribution in [0.1, 0.15) is 45.4 Å². The predicted molar refractivity (Wildman–Crippen MR) is 79.7 cm³/mol. The standard InChI is InChI=1S/C15H28N4O/c1-3-7-16-12-15(5-9-20-10-6-15)11-14-17-13-18-19(14)8-4-2/h13,16H,3-12H2,1-2H3. The molecule has 0 aromatic carbocycles. The lowest BCUT2D eigenvalue weighted by molar-refractivity contribution is 0.0136. The van der Waals surface area contributed by atoms with E-state index in [1.807, 2.05) is 0 Å². The van der Waals surface area contributed by atoms with Crippen LogP contribution in [0.15, 0.2) is 6.33 Å². The molecule has 1 aromatic rings. The number of hydrogen-bond donors (Lipinski definition) is 1. The molecule has 20 heavy (non-hydrogen) atoms. The van der Waals surface area contributed by atoms with Gasteiger partial charge in [-0.15, -0.1) is 0 Å². The van der Waals surface area contributed by atoms with E-state index in [-0.39, 0.29) is 5.41 Å². The molecule has 1 fully saturated rings. The topological polar surface area (TPSA) is 52.0 Å². The number of aryl methyl sites for hydroxylation is 1. The summed E-state index contributed by atoms with van der Waals surface area (Å²) in [7, 11) is 0. The van der Waals surface area contributed by atoms with Crippen LogP contribution in [0.5, 0.6) is 0 Å². The first kappa shape index (κ1) is 15.4. The Kier molecular flexibility index (Phi) is 5.98. The van der Waals surface area contributed by atoms with Gasteiger partial charge in [0.2, 0.25) is 0 Å². The highest BCUT2D eigenvalue weighted by molar-refractivity contribution is 4.96. The molecule has 0 radical (unpaired) electrons. The Bertz CT molecular complexity index is 385. The van der Waals surface area contributed by atoms with Gasteiger partial charge >= 0.3 is 0 Å². The second-order valence-corrected chi connectivity index (χ2v) is 5.87. The van der Waals surface area contributed by atoms with Crippen LogP contribution in [-0.2, 0) is 17.7 Å². The zero-order valence-corrected chi connectivity index (χ0v) is 12.9. The van der Waals surface area contributed by atoms with E-state index in [0.717, 1.165) is 64.4 Å². The highest BCUT2D eigenvalue weighted by Crippen LogP contribution is 2.33. The molecule has 2 heterocycles. The van der Waals surface area contributed by atoms with E-state index in [0.29, 0.717) is 0 Å². The average Bonchev–Trinajstić information content (AvgIpc) is 2.88. The number of ether oxygens (including phenoxy) is 1. The summed E-state index contributed by atoms with van der Waals surface area (Å²) in [4.78, 5) is 4.49. The maximum Gasteiger partial charge on any atom is 0.138 e. The second-order valence-electron chi connectivity index (χ2n) is 5.87. The predicted octanol–water partition coefficient (Wildman–Crippen LogP) is 2.03. The van der Waals surface area contributed by atoms with Crippen LogP contribution < -0.4 is 5.32 Å². The molecule has 0 aliphatic carbocycles. The van der Waals surface area contributed by atoms with Gasteiger partial charge in [0.15, 0.2) is 0 Å². The monoisotopic (exact) mass is 280 g/mol. The van der Waals surface area contributed by atoms with E-state index in [9.17, 15) is 0 Å². The summed E-state index contributed by atoms with van der Waals surface area (Å²) in [5, 5.41) is 7.95. The van der Waals surface area contributed by atoms with Gasteiger partial charge < -0.3 is 10.1 Å². The van der Waals surface area contributed by atoms with E-state index >= 15 is 0 Å². The maximum absolute atomic E-state index is 5.56. The summed E-state index contributed by atoms with van der Waals surface area (Å²) in [5.74, 6) is 1.13. The molecule has 5 nitrogen and oxygen atoms in total. The van der Waals surface area contributed by atoms with Crippen LogP contribution in [0.3, 0.4) is 0 Å². The molecule has 2 rings (SSSR count). The van der Waals surface area contributed by atoms with E-state index in [1.165, 1.54) is 6.42 Å². The van der Waals surface area contributed by atoms with Crippen LogP contribution in [-0.4, -0.2) is 41.1 Å². The van der Waals surface area contributed by atoms with Gasteiger partial charge in [-0.25, -0.2) is 4.98 Å². The molecule has 0 unspecified atom stereocenters. The maximum atomic E-state index is 5.56. The van der Waals surface area contributed by atoms with E-state index in [4.69, 9.17) is 4.74 Å². The Hall–Kier alpha value is -0.940. The summed E-state index contributed by atoms with van der Waals surface area (Å²) in [6.45, 7) is 9.24. The SMILES string of the molecule is CCCNCC1(Cc2ncnn2CCC)CCOCC1. The number of hydrogen-bond acceptors (Lipinski definition) is 4. The molecule has 0 bridgehead atoms. The van der Waals surface area contributed by atoms with Crippen molar-refractivity contribution < 1.29 is 4.74 Å². The lowest BCUT2D eigenvalue weighted by Gasteiger charge is -2.37. The average molecular weight is 280 g/mol. The van der Waals surface area contributed by atoms with Gasteiger partial charge in [0.05, 0.1) is 0 Å². The number of nitrogens with zero attached hydrogens (tertiary/aromatic N) is 3. The molecule has 1 aromatic heterocycles. The summed E-state index contributed by atoms with van der Waals surface area (Å²) in [5.41, 5.74) is 0.284. The smallest absolute Gasteiger partial charge is 0.138 e. The first-order valence-corrected chi connectivity index (χ1v) is 7.95. The molecular formula is C15H28N4O. The third-order valence-corrected chi connectivity index (χ3v) is 4.14. The molecule has 0 atom stereocenters. The van der Waals surface area contributed by atoms with Crippen molar-refractivity contribution in [2.75, 3.05) is 26.3 Å². The van der Waals surface area contributed by atoms with Crippen molar-refractivity contribution in [3.05, 3.63) is 12.2 Å². The molecular weight excluding hydrogens is 252 g/mol. The van der Waals surface area contributed by atoms with Crippen molar-refractivity contribution in [2.24, 2.45) is 5.41 Å². The number of nitrogens with one attached hydrogen (secondary N) is 1. The third-order valence-electron chi connectivity index (χ3n) is 4.14. The molecule has 0 spiro atoms. The van der Waals surface area contributed by atoms with Crippen LogP contribution in [0.4, 0.5) is 0 Å². The van der Waals surface area contributed by atoms with Gasteiger partial charge in [-0.05, 0) is 37.6 Å². The van der Waals surface area contributed by atoms with Crippen molar-refractivity contribution in [1.82, 2.24) is 20.1 Å². The summed E-state index contributed by atoms with van der Waals surface area (Å²) in [6, 6.07) is 0. The largest absolute Gasteiger partial charge is 0.381 e. The molecule has 0 saturated carbocycles. The minimum atomic E-state index is 0.284. The highest BCUT2D eigenvalue weighted by Gasteiger charge is 2.34. The first-order chi connectivity index (χ1) is 9.79. The minimum Gasteiger partial charge on any atom is -0.381 e. The Morgan fingerprint density at radius 3 is 2.80 bits per heavy atom. The Balaban J connectivity index is 2.04. The summed E-state index contributed by atoms with van der Waals surface area (Å²) >= 11 is 0. The van der Waals surface area contributed by atoms with Crippen LogP contribution in [0.2, 0.25) is 0 Å². The van der Waals surface area contributed by atoms with E-state index in [2.05, 4.69) is 33.9 Å². The summed E-state index contributed by atoms with van der Waals surface area (Å²) < 4.78 is 7.62. The molecule has 1 aliphatic rings. The second kappa shape index (κ2) is 7.74. The van der Waals surface area contributed by atoms with Crippen molar-refractivity contribution in [3.8, 4) is 0 Å². The summed E-state index contributed by atoms with van der Waals surface area (Å²) in [6.07, 6.45) is 7.20. The molecule has 1 N–H and O–H groups in total. The van der Waals surface area contributed by atoms with Crippen molar-refractivity contribution >= 4 is 0 Å². The lowest BCUT2D eigenvalue weighted by Crippen LogP contribution is -2.41. The minimum absolute atomic E-state index is 0.284. The quantitative estimate of drug-likeness (QED) is 0.740. The molecule has 5 heteroatoms. The number of aromatic nitrogens is 3. The molecule has 1 aliphatic heterocycles. The van der Waals surface area contributed by atoms with E-state index < -0.39 is 0 Å². The fraction of sp³-hybridized carbons (Fsp3) is 0.867. The number of rotatable bonds is 8. The lowest BCUT2D eigenvalue weighted by atomic mass is 9.77. The molecule has 114 valence electrons. The Labute approximate surface area is 122 Å². The van der Waals surface area contributed by atoms with Crippen molar-refractivity contribution in [2.45, 2.75) is 52.5 Å². The van der Waals surface area contributed by atoms with Gasteiger partial charge in [-0.3, -0.25) is 4.68 Å². The van der Waals surface area contributed by atoms with E-state index in [1.54, 1.807) is 6.33 Å². The fourth-order valence-corrected chi connectivity index (χ4v) is 2.91. The van der Waals surface area contributed by atoms with Gasteiger partial charge in [0.25, 0.3) is 0 Å². The van der Waals surface area contributed by atoms with Crippen LogP contribution in [0.25, 0.3) is 0 Å². The third kappa shape index (κ3) is 4.03. The van der Waals surface area contributed by atoms with Crippen LogP contribution in [0, 0.1) is 5.41 Å².